The van der Waals surface area contributed by atoms with Gasteiger partial charge in [0.05, 0.1) is 21.9 Å². The van der Waals surface area contributed by atoms with Crippen molar-refractivity contribution >= 4 is 38.2 Å². The summed E-state index contributed by atoms with van der Waals surface area (Å²) >= 11 is 0. The first-order valence-electron chi connectivity index (χ1n) is 10.3. The molecule has 0 saturated carbocycles. The molecule has 168 valence electrons. The Morgan fingerprint density at radius 3 is 2.33 bits per heavy atom. The molecule has 2 amide bonds. The van der Waals surface area contributed by atoms with Crippen LogP contribution in [0.3, 0.4) is 0 Å². The van der Waals surface area contributed by atoms with Gasteiger partial charge in [-0.2, -0.15) is 0 Å². The van der Waals surface area contributed by atoms with E-state index in [1.165, 1.54) is 12.3 Å². The number of nitrogens with one attached hydrogen (secondary N) is 1. The molecule has 0 unspecified atom stereocenters. The number of amides is 2. The van der Waals surface area contributed by atoms with Crippen LogP contribution in [0.15, 0.2) is 83.9 Å². The highest BCUT2D eigenvalue weighted by Gasteiger charge is 2.22. The molecule has 0 spiro atoms. The molecular formula is C25H23N3O4S. The van der Waals surface area contributed by atoms with Gasteiger partial charge < -0.3 is 15.6 Å². The molecule has 0 aliphatic carbocycles. The van der Waals surface area contributed by atoms with Crippen molar-refractivity contribution in [1.82, 2.24) is 4.57 Å². The molecule has 1 heterocycles. The zero-order valence-electron chi connectivity index (χ0n) is 18.0. The number of aromatic nitrogens is 1. The monoisotopic (exact) mass is 461 g/mol. The molecule has 33 heavy (non-hydrogen) atoms. The van der Waals surface area contributed by atoms with Gasteiger partial charge in [0.25, 0.3) is 5.91 Å². The van der Waals surface area contributed by atoms with Crippen molar-refractivity contribution in [1.29, 1.82) is 0 Å². The smallest absolute Gasteiger partial charge is 0.250 e. The maximum absolute atomic E-state index is 13.2. The molecule has 1 aromatic heterocycles. The summed E-state index contributed by atoms with van der Waals surface area (Å²) in [5, 5.41) is 3.24. The predicted molar refractivity (Wildman–Crippen MR) is 128 cm³/mol. The number of nitrogens with two attached hydrogens (primary N) is 1. The molecule has 0 atom stereocenters. The van der Waals surface area contributed by atoms with Gasteiger partial charge in [-0.3, -0.25) is 9.59 Å². The van der Waals surface area contributed by atoms with Crippen LogP contribution in [0.5, 0.6) is 0 Å². The Kier molecular flexibility index (Phi) is 6.02. The van der Waals surface area contributed by atoms with E-state index < -0.39 is 21.7 Å². The van der Waals surface area contributed by atoms with Gasteiger partial charge in [-0.1, -0.05) is 60.2 Å². The number of fused-ring (bicyclic) bond motifs is 1. The topological polar surface area (TPSA) is 111 Å². The van der Waals surface area contributed by atoms with Crippen LogP contribution in [0, 0.1) is 6.92 Å². The quantitative estimate of drug-likeness (QED) is 0.437. The molecule has 7 nitrogen and oxygen atoms in total. The fourth-order valence-corrected chi connectivity index (χ4v) is 5.31. The average molecular weight is 462 g/mol. The van der Waals surface area contributed by atoms with Crippen LogP contribution in [0.25, 0.3) is 10.9 Å². The summed E-state index contributed by atoms with van der Waals surface area (Å²) in [6.45, 7) is 1.81. The second-order valence-electron chi connectivity index (χ2n) is 7.84. The van der Waals surface area contributed by atoms with E-state index in [0.29, 0.717) is 22.2 Å². The van der Waals surface area contributed by atoms with Crippen molar-refractivity contribution < 1.29 is 18.0 Å². The largest absolute Gasteiger partial charge is 0.366 e. The van der Waals surface area contributed by atoms with Crippen LogP contribution >= 0.6 is 0 Å². The number of aryl methyl sites for hydroxylation is 1. The summed E-state index contributed by atoms with van der Waals surface area (Å²) in [5.41, 5.74) is 8.25. The van der Waals surface area contributed by atoms with Crippen LogP contribution in [0.4, 0.5) is 5.69 Å². The molecule has 0 bridgehead atoms. The number of hydrogen-bond acceptors (Lipinski definition) is 4. The van der Waals surface area contributed by atoms with Gasteiger partial charge in [-0.05, 0) is 30.7 Å². The van der Waals surface area contributed by atoms with Gasteiger partial charge in [-0.15, -0.1) is 0 Å². The van der Waals surface area contributed by atoms with Crippen LogP contribution in [-0.2, 0) is 26.9 Å². The van der Waals surface area contributed by atoms with Crippen LogP contribution in [0.1, 0.15) is 21.5 Å². The molecule has 4 aromatic rings. The Labute approximate surface area is 191 Å². The van der Waals surface area contributed by atoms with E-state index in [-0.39, 0.29) is 22.8 Å². The van der Waals surface area contributed by atoms with Crippen molar-refractivity contribution in [2.24, 2.45) is 5.73 Å². The molecule has 0 radical (unpaired) electrons. The first kappa shape index (κ1) is 22.3. The van der Waals surface area contributed by atoms with Gasteiger partial charge >= 0.3 is 0 Å². The van der Waals surface area contributed by atoms with E-state index in [1.54, 1.807) is 59.2 Å². The van der Waals surface area contributed by atoms with Gasteiger partial charge in [0, 0.05) is 17.1 Å². The lowest BCUT2D eigenvalue weighted by Crippen LogP contribution is -2.21. The standard InChI is InChI=1S/C25H23N3O4S/c1-17-10-12-18(13-11-17)16-33(31,32)23-14-28(22-9-5-3-7-20(22)23)15-24(29)27-21-8-4-2-6-19(21)25(26)30/h2-14H,15-16H2,1H3,(H2,26,30)(H,27,29). The summed E-state index contributed by atoms with van der Waals surface area (Å²) in [4.78, 5) is 24.5. The van der Waals surface area contributed by atoms with E-state index in [0.717, 1.165) is 5.56 Å². The molecule has 3 aromatic carbocycles. The summed E-state index contributed by atoms with van der Waals surface area (Å²) in [6.07, 6.45) is 1.49. The van der Waals surface area contributed by atoms with E-state index in [4.69, 9.17) is 5.73 Å². The van der Waals surface area contributed by atoms with Crippen molar-refractivity contribution in [2.75, 3.05) is 5.32 Å². The summed E-state index contributed by atoms with van der Waals surface area (Å²) in [6, 6.07) is 20.9. The molecule has 0 fully saturated rings. The zero-order chi connectivity index (χ0) is 23.6. The minimum atomic E-state index is -3.66. The summed E-state index contributed by atoms with van der Waals surface area (Å²) in [5.74, 6) is -1.20. The third kappa shape index (κ3) is 4.80. The predicted octanol–water partition coefficient (Wildman–Crippen LogP) is 3.66. The van der Waals surface area contributed by atoms with Crippen molar-refractivity contribution in [3.8, 4) is 0 Å². The van der Waals surface area contributed by atoms with Crippen molar-refractivity contribution in [2.45, 2.75) is 24.1 Å². The molecule has 4 rings (SSSR count). The third-order valence-corrected chi connectivity index (χ3v) is 7.05. The maximum Gasteiger partial charge on any atom is 0.250 e. The SMILES string of the molecule is Cc1ccc(CS(=O)(=O)c2cn(CC(=O)Nc3ccccc3C(N)=O)c3ccccc23)cc1. The molecule has 3 N–H and O–H groups in total. The fourth-order valence-electron chi connectivity index (χ4n) is 3.72. The minimum absolute atomic E-state index is 0.131. The highest BCUT2D eigenvalue weighted by Crippen LogP contribution is 2.28. The Balaban J connectivity index is 1.64. The van der Waals surface area contributed by atoms with Gasteiger partial charge in [-0.25, -0.2) is 8.42 Å². The number of carbonyl (C=O) groups excluding carboxylic acids is 2. The number of nitrogens with zero attached hydrogens (tertiary/aromatic N) is 1. The highest BCUT2D eigenvalue weighted by atomic mass is 32.2. The van der Waals surface area contributed by atoms with Gasteiger partial charge in [0.2, 0.25) is 5.91 Å². The zero-order valence-corrected chi connectivity index (χ0v) is 18.8. The lowest BCUT2D eigenvalue weighted by Gasteiger charge is -2.10. The fraction of sp³-hybridized carbons (Fsp3) is 0.120. The number of benzene rings is 3. The number of primary amides is 1. The number of para-hydroxylation sites is 2. The van der Waals surface area contributed by atoms with Crippen molar-refractivity contribution in [3.05, 3.63) is 95.7 Å². The maximum atomic E-state index is 13.2. The first-order valence-corrected chi connectivity index (χ1v) is 11.9. The summed E-state index contributed by atoms with van der Waals surface area (Å²) < 4.78 is 28.1. The minimum Gasteiger partial charge on any atom is -0.366 e. The number of sulfone groups is 1. The number of rotatable bonds is 7. The summed E-state index contributed by atoms with van der Waals surface area (Å²) in [7, 11) is -3.66. The molecule has 0 saturated heterocycles. The van der Waals surface area contributed by atoms with Gasteiger partial charge in [0.1, 0.15) is 6.54 Å². The lowest BCUT2D eigenvalue weighted by molar-refractivity contribution is -0.116. The third-order valence-electron chi connectivity index (χ3n) is 5.34. The normalized spacial score (nSPS) is 11.4. The van der Waals surface area contributed by atoms with E-state index in [2.05, 4.69) is 5.32 Å². The Bertz CT molecular complexity index is 1450. The van der Waals surface area contributed by atoms with E-state index >= 15 is 0 Å². The number of anilines is 1. The molecule has 8 heteroatoms. The molecule has 0 aliphatic rings. The Morgan fingerprint density at radius 2 is 1.61 bits per heavy atom. The van der Waals surface area contributed by atoms with Crippen LogP contribution in [0.2, 0.25) is 0 Å². The second-order valence-corrected chi connectivity index (χ2v) is 9.80. The van der Waals surface area contributed by atoms with Crippen LogP contribution < -0.4 is 11.1 Å². The number of carbonyl (C=O) groups is 2. The molecular weight excluding hydrogens is 438 g/mol. The van der Waals surface area contributed by atoms with Crippen LogP contribution in [-0.4, -0.2) is 24.8 Å². The second kappa shape index (κ2) is 8.91. The molecule has 0 aliphatic heterocycles. The first-order chi connectivity index (χ1) is 15.7. The highest BCUT2D eigenvalue weighted by molar-refractivity contribution is 7.90. The van der Waals surface area contributed by atoms with Gasteiger partial charge in [0.15, 0.2) is 9.84 Å². The van der Waals surface area contributed by atoms with Crippen molar-refractivity contribution in [3.63, 3.8) is 0 Å². The number of hydrogen-bond donors (Lipinski definition) is 2. The lowest BCUT2D eigenvalue weighted by atomic mass is 10.1. The van der Waals surface area contributed by atoms with E-state index in [1.807, 2.05) is 19.1 Å². The Hall–Kier alpha value is -3.91. The van der Waals surface area contributed by atoms with E-state index in [9.17, 15) is 18.0 Å². The Morgan fingerprint density at radius 1 is 0.939 bits per heavy atom. The average Bonchev–Trinajstić information content (AvgIpc) is 3.15.